The van der Waals surface area contributed by atoms with Gasteiger partial charge in [0.25, 0.3) is 0 Å². The molecular formula is C14H23N5O. The molecule has 0 radical (unpaired) electrons. The van der Waals surface area contributed by atoms with Gasteiger partial charge in [-0.25, -0.2) is 9.97 Å². The Kier molecular flexibility index (Phi) is 4.42. The summed E-state index contributed by atoms with van der Waals surface area (Å²) >= 11 is 0. The molecule has 110 valence electrons. The summed E-state index contributed by atoms with van der Waals surface area (Å²) < 4.78 is 0. The molecule has 1 amide bonds. The smallest absolute Gasteiger partial charge is 0.237 e. The summed E-state index contributed by atoms with van der Waals surface area (Å²) in [4.78, 5) is 22.1. The van der Waals surface area contributed by atoms with Crippen LogP contribution in [-0.4, -0.2) is 28.5 Å². The van der Waals surface area contributed by atoms with Crippen LogP contribution >= 0.6 is 0 Å². The first-order valence-corrected chi connectivity index (χ1v) is 7.16. The van der Waals surface area contributed by atoms with E-state index < -0.39 is 0 Å². The van der Waals surface area contributed by atoms with E-state index in [0.717, 1.165) is 12.8 Å². The maximum Gasteiger partial charge on any atom is 0.237 e. The molecule has 6 heteroatoms. The Morgan fingerprint density at radius 1 is 1.40 bits per heavy atom. The van der Waals surface area contributed by atoms with Crippen molar-refractivity contribution in [3.8, 4) is 0 Å². The van der Waals surface area contributed by atoms with E-state index in [-0.39, 0.29) is 18.4 Å². The zero-order valence-corrected chi connectivity index (χ0v) is 12.2. The van der Waals surface area contributed by atoms with E-state index in [1.54, 1.807) is 6.07 Å². The van der Waals surface area contributed by atoms with Crippen LogP contribution in [0.2, 0.25) is 0 Å². The van der Waals surface area contributed by atoms with Crippen molar-refractivity contribution in [1.29, 1.82) is 0 Å². The summed E-state index contributed by atoms with van der Waals surface area (Å²) in [5, 5.41) is 0. The number of primary amides is 1. The minimum atomic E-state index is -0.347. The standard InChI is InChI=1S/C14H23N5O/c1-9(2)14-17-11(15)7-13(18-14)19(8-12(16)20)10-5-3-4-6-10/h7,9-10H,3-6,8H2,1-2H3,(H2,16,20)(H2,15,17,18). The van der Waals surface area contributed by atoms with Crippen molar-refractivity contribution in [2.45, 2.75) is 51.5 Å². The topological polar surface area (TPSA) is 98.1 Å². The van der Waals surface area contributed by atoms with Crippen molar-refractivity contribution in [3.05, 3.63) is 11.9 Å². The lowest BCUT2D eigenvalue weighted by molar-refractivity contribution is -0.116. The maximum absolute atomic E-state index is 11.3. The highest BCUT2D eigenvalue weighted by atomic mass is 16.1. The lowest BCUT2D eigenvalue weighted by Crippen LogP contribution is -2.41. The first-order valence-electron chi connectivity index (χ1n) is 7.16. The van der Waals surface area contributed by atoms with E-state index >= 15 is 0 Å². The van der Waals surface area contributed by atoms with Crippen LogP contribution in [0.25, 0.3) is 0 Å². The van der Waals surface area contributed by atoms with Gasteiger partial charge in [-0.1, -0.05) is 26.7 Å². The predicted octanol–water partition coefficient (Wildman–Crippen LogP) is 1.42. The van der Waals surface area contributed by atoms with E-state index in [2.05, 4.69) is 9.97 Å². The number of anilines is 2. The van der Waals surface area contributed by atoms with Crippen LogP contribution in [0.5, 0.6) is 0 Å². The molecule has 1 aromatic rings. The molecule has 1 aliphatic carbocycles. The van der Waals surface area contributed by atoms with Crippen molar-refractivity contribution in [3.63, 3.8) is 0 Å². The molecule has 0 saturated heterocycles. The maximum atomic E-state index is 11.3. The fraction of sp³-hybridized carbons (Fsp3) is 0.643. The Balaban J connectivity index is 2.34. The zero-order valence-electron chi connectivity index (χ0n) is 12.2. The molecule has 4 N–H and O–H groups in total. The summed E-state index contributed by atoms with van der Waals surface area (Å²) in [7, 11) is 0. The highest BCUT2D eigenvalue weighted by molar-refractivity contribution is 5.79. The Morgan fingerprint density at radius 3 is 2.60 bits per heavy atom. The predicted molar refractivity (Wildman–Crippen MR) is 79.3 cm³/mol. The molecule has 0 bridgehead atoms. The Labute approximate surface area is 119 Å². The monoisotopic (exact) mass is 277 g/mol. The molecular weight excluding hydrogens is 254 g/mol. The average molecular weight is 277 g/mol. The SMILES string of the molecule is CC(C)c1nc(N)cc(N(CC(N)=O)C2CCCC2)n1. The number of hydrogen-bond donors (Lipinski definition) is 2. The number of carbonyl (C=O) groups is 1. The molecule has 0 spiro atoms. The lowest BCUT2D eigenvalue weighted by atomic mass is 10.2. The number of nitrogens with two attached hydrogens (primary N) is 2. The highest BCUT2D eigenvalue weighted by Gasteiger charge is 2.25. The van der Waals surface area contributed by atoms with E-state index in [0.29, 0.717) is 23.5 Å². The minimum Gasteiger partial charge on any atom is -0.384 e. The van der Waals surface area contributed by atoms with Gasteiger partial charge in [0.2, 0.25) is 5.91 Å². The summed E-state index contributed by atoms with van der Waals surface area (Å²) in [5.41, 5.74) is 11.2. The van der Waals surface area contributed by atoms with Gasteiger partial charge in [-0.05, 0) is 12.8 Å². The first-order chi connectivity index (χ1) is 9.47. The van der Waals surface area contributed by atoms with E-state index in [9.17, 15) is 4.79 Å². The number of hydrogen-bond acceptors (Lipinski definition) is 5. The second-order valence-corrected chi connectivity index (χ2v) is 5.70. The molecule has 0 aromatic carbocycles. The number of nitrogen functional groups attached to an aromatic ring is 1. The van der Waals surface area contributed by atoms with Gasteiger partial charge < -0.3 is 16.4 Å². The third-order valence-electron chi connectivity index (χ3n) is 3.65. The number of carbonyl (C=O) groups excluding carboxylic acids is 1. The molecule has 1 aromatic heterocycles. The van der Waals surface area contributed by atoms with Crippen LogP contribution in [0.3, 0.4) is 0 Å². The van der Waals surface area contributed by atoms with Gasteiger partial charge in [0.05, 0.1) is 6.54 Å². The molecule has 1 heterocycles. The lowest BCUT2D eigenvalue weighted by Gasteiger charge is -2.29. The number of rotatable bonds is 5. The van der Waals surface area contributed by atoms with Crippen molar-refractivity contribution in [2.24, 2.45) is 5.73 Å². The van der Waals surface area contributed by atoms with Crippen LogP contribution in [0.15, 0.2) is 6.07 Å². The second kappa shape index (κ2) is 6.07. The van der Waals surface area contributed by atoms with Crippen molar-refractivity contribution < 1.29 is 4.79 Å². The van der Waals surface area contributed by atoms with Crippen molar-refractivity contribution >= 4 is 17.5 Å². The molecule has 0 atom stereocenters. The van der Waals surface area contributed by atoms with E-state index in [1.807, 2.05) is 18.7 Å². The van der Waals surface area contributed by atoms with Gasteiger partial charge in [-0.15, -0.1) is 0 Å². The zero-order chi connectivity index (χ0) is 14.7. The summed E-state index contributed by atoms with van der Waals surface area (Å²) in [6.07, 6.45) is 4.48. The van der Waals surface area contributed by atoms with Gasteiger partial charge >= 0.3 is 0 Å². The van der Waals surface area contributed by atoms with Crippen LogP contribution in [0.4, 0.5) is 11.6 Å². The third-order valence-corrected chi connectivity index (χ3v) is 3.65. The summed E-state index contributed by atoms with van der Waals surface area (Å²) in [5.74, 6) is 1.70. The molecule has 0 aliphatic heterocycles. The van der Waals surface area contributed by atoms with Crippen LogP contribution < -0.4 is 16.4 Å². The molecule has 6 nitrogen and oxygen atoms in total. The molecule has 20 heavy (non-hydrogen) atoms. The van der Waals surface area contributed by atoms with E-state index in [1.165, 1.54) is 12.8 Å². The fourth-order valence-corrected chi connectivity index (χ4v) is 2.66. The molecule has 2 rings (SSSR count). The second-order valence-electron chi connectivity index (χ2n) is 5.70. The number of aromatic nitrogens is 2. The average Bonchev–Trinajstić information content (AvgIpc) is 2.88. The van der Waals surface area contributed by atoms with Crippen LogP contribution in [0, 0.1) is 0 Å². The third kappa shape index (κ3) is 3.37. The fourth-order valence-electron chi connectivity index (χ4n) is 2.66. The van der Waals surface area contributed by atoms with E-state index in [4.69, 9.17) is 11.5 Å². The molecule has 1 aliphatic rings. The van der Waals surface area contributed by atoms with Gasteiger partial charge in [0, 0.05) is 18.0 Å². The van der Waals surface area contributed by atoms with Crippen LogP contribution in [0.1, 0.15) is 51.3 Å². The number of nitrogens with zero attached hydrogens (tertiary/aromatic N) is 3. The van der Waals surface area contributed by atoms with Crippen molar-refractivity contribution in [2.75, 3.05) is 17.2 Å². The Bertz CT molecular complexity index is 482. The molecule has 1 saturated carbocycles. The Hall–Kier alpha value is -1.85. The molecule has 1 fully saturated rings. The van der Waals surface area contributed by atoms with Gasteiger partial charge in [-0.2, -0.15) is 0 Å². The number of amides is 1. The van der Waals surface area contributed by atoms with Gasteiger partial charge in [0.1, 0.15) is 17.5 Å². The Morgan fingerprint density at radius 2 is 2.05 bits per heavy atom. The first kappa shape index (κ1) is 14.6. The van der Waals surface area contributed by atoms with Gasteiger partial charge in [0.15, 0.2) is 0 Å². The van der Waals surface area contributed by atoms with Crippen molar-refractivity contribution in [1.82, 2.24) is 9.97 Å². The van der Waals surface area contributed by atoms with Crippen LogP contribution in [-0.2, 0) is 4.79 Å². The highest BCUT2D eigenvalue weighted by Crippen LogP contribution is 2.28. The minimum absolute atomic E-state index is 0.179. The summed E-state index contributed by atoms with van der Waals surface area (Å²) in [6, 6.07) is 2.05. The quantitative estimate of drug-likeness (QED) is 0.848. The van der Waals surface area contributed by atoms with Gasteiger partial charge in [-0.3, -0.25) is 4.79 Å². The molecule has 0 unspecified atom stereocenters. The summed E-state index contributed by atoms with van der Waals surface area (Å²) in [6.45, 7) is 4.22. The normalized spacial score (nSPS) is 15.8. The largest absolute Gasteiger partial charge is 0.384 e.